The summed E-state index contributed by atoms with van der Waals surface area (Å²) in [4.78, 5) is 19.6. The molecular formula is C19H14F3N5O2. The lowest BCUT2D eigenvalue weighted by Gasteiger charge is -2.13. The lowest BCUT2D eigenvalue weighted by atomic mass is 10.0. The SMILES string of the molecule is NNC(=O)c1cn2c(ccc3c(-c4ccc(CO)cc4)cc(C(F)(F)F)nc32)n1. The molecular weight excluding hydrogens is 387 g/mol. The van der Waals surface area contributed by atoms with Gasteiger partial charge in [0.25, 0.3) is 5.91 Å². The van der Waals surface area contributed by atoms with Crippen LogP contribution in [0.4, 0.5) is 13.2 Å². The van der Waals surface area contributed by atoms with E-state index in [1.165, 1.54) is 10.6 Å². The van der Waals surface area contributed by atoms with Crippen molar-refractivity contribution in [1.29, 1.82) is 0 Å². The maximum atomic E-state index is 13.5. The minimum absolute atomic E-state index is 0.00197. The van der Waals surface area contributed by atoms with Crippen molar-refractivity contribution >= 4 is 22.6 Å². The van der Waals surface area contributed by atoms with Gasteiger partial charge in [0.1, 0.15) is 22.7 Å². The number of pyridine rings is 2. The molecule has 0 unspecified atom stereocenters. The van der Waals surface area contributed by atoms with Crippen LogP contribution >= 0.6 is 0 Å². The van der Waals surface area contributed by atoms with Gasteiger partial charge >= 0.3 is 6.18 Å². The Morgan fingerprint density at radius 1 is 1.14 bits per heavy atom. The Kier molecular flexibility index (Phi) is 4.44. The molecule has 0 aliphatic rings. The maximum Gasteiger partial charge on any atom is 0.433 e. The molecule has 0 fully saturated rings. The fourth-order valence-electron chi connectivity index (χ4n) is 3.09. The Morgan fingerprint density at radius 2 is 1.86 bits per heavy atom. The first-order chi connectivity index (χ1) is 13.8. The molecule has 4 N–H and O–H groups in total. The number of nitrogen functional groups attached to an aromatic ring is 1. The number of aliphatic hydroxyl groups excluding tert-OH is 1. The second-order valence-electron chi connectivity index (χ2n) is 6.31. The number of alkyl halides is 3. The van der Waals surface area contributed by atoms with Crippen molar-refractivity contribution < 1.29 is 23.1 Å². The number of amides is 1. The lowest BCUT2D eigenvalue weighted by molar-refractivity contribution is -0.140. The maximum absolute atomic E-state index is 13.5. The number of imidazole rings is 1. The molecule has 4 rings (SSSR count). The Balaban J connectivity index is 2.04. The van der Waals surface area contributed by atoms with Crippen LogP contribution in [0.2, 0.25) is 0 Å². The van der Waals surface area contributed by atoms with E-state index in [-0.39, 0.29) is 23.6 Å². The summed E-state index contributed by atoms with van der Waals surface area (Å²) in [5.74, 6) is 4.44. The molecule has 1 amide bonds. The monoisotopic (exact) mass is 401 g/mol. The van der Waals surface area contributed by atoms with Gasteiger partial charge in [-0.3, -0.25) is 14.6 Å². The third-order valence-electron chi connectivity index (χ3n) is 4.50. The summed E-state index contributed by atoms with van der Waals surface area (Å²) in [6.45, 7) is -0.174. The Morgan fingerprint density at radius 3 is 2.48 bits per heavy atom. The van der Waals surface area contributed by atoms with Gasteiger partial charge in [-0.2, -0.15) is 13.2 Å². The Hall–Kier alpha value is -3.50. The number of nitrogens with zero attached hydrogens (tertiary/aromatic N) is 3. The summed E-state index contributed by atoms with van der Waals surface area (Å²) in [6, 6.07) is 10.7. The number of carbonyl (C=O) groups excluding carboxylic acids is 1. The van der Waals surface area contributed by atoms with Crippen molar-refractivity contribution in [3.63, 3.8) is 0 Å². The zero-order chi connectivity index (χ0) is 20.8. The van der Waals surface area contributed by atoms with Crippen LogP contribution in [0.3, 0.4) is 0 Å². The van der Waals surface area contributed by atoms with E-state index in [2.05, 4.69) is 9.97 Å². The van der Waals surface area contributed by atoms with E-state index < -0.39 is 17.8 Å². The largest absolute Gasteiger partial charge is 0.433 e. The number of hydrogen-bond acceptors (Lipinski definition) is 5. The molecule has 0 atom stereocenters. The highest BCUT2D eigenvalue weighted by Crippen LogP contribution is 2.35. The van der Waals surface area contributed by atoms with Crippen molar-refractivity contribution in [1.82, 2.24) is 19.8 Å². The first-order valence-electron chi connectivity index (χ1n) is 8.43. The first-order valence-corrected chi connectivity index (χ1v) is 8.43. The lowest BCUT2D eigenvalue weighted by Crippen LogP contribution is -2.30. The van der Waals surface area contributed by atoms with Crippen LogP contribution in [0, 0.1) is 0 Å². The average Bonchev–Trinajstić information content (AvgIpc) is 3.16. The fraction of sp³-hybridized carbons (Fsp3) is 0.105. The molecule has 10 heteroatoms. The van der Waals surface area contributed by atoms with Gasteiger partial charge in [0.15, 0.2) is 0 Å². The Labute approximate surface area is 161 Å². The van der Waals surface area contributed by atoms with Gasteiger partial charge in [-0.1, -0.05) is 24.3 Å². The van der Waals surface area contributed by atoms with E-state index in [0.29, 0.717) is 22.1 Å². The predicted octanol–water partition coefficient (Wildman–Crippen LogP) is 2.66. The molecule has 0 aliphatic carbocycles. The van der Waals surface area contributed by atoms with Gasteiger partial charge in [-0.15, -0.1) is 0 Å². The summed E-state index contributed by atoms with van der Waals surface area (Å²) in [5, 5.41) is 9.64. The van der Waals surface area contributed by atoms with Crippen LogP contribution in [0.5, 0.6) is 0 Å². The number of nitrogens with two attached hydrogens (primary N) is 1. The van der Waals surface area contributed by atoms with E-state index in [0.717, 1.165) is 6.07 Å². The molecule has 0 bridgehead atoms. The van der Waals surface area contributed by atoms with E-state index in [1.54, 1.807) is 36.4 Å². The van der Waals surface area contributed by atoms with Crippen LogP contribution in [0.1, 0.15) is 21.7 Å². The number of rotatable bonds is 3. The van der Waals surface area contributed by atoms with Crippen molar-refractivity contribution in [2.24, 2.45) is 5.84 Å². The molecule has 3 heterocycles. The second-order valence-corrected chi connectivity index (χ2v) is 6.31. The zero-order valence-corrected chi connectivity index (χ0v) is 14.7. The Bertz CT molecular complexity index is 1230. The van der Waals surface area contributed by atoms with Crippen molar-refractivity contribution in [3.8, 4) is 11.1 Å². The number of hydrogen-bond donors (Lipinski definition) is 3. The van der Waals surface area contributed by atoms with Crippen molar-refractivity contribution in [2.75, 3.05) is 0 Å². The number of hydrazine groups is 1. The second kappa shape index (κ2) is 6.83. The summed E-state index contributed by atoms with van der Waals surface area (Å²) >= 11 is 0. The van der Waals surface area contributed by atoms with Crippen LogP contribution in [-0.2, 0) is 12.8 Å². The molecule has 148 valence electrons. The van der Waals surface area contributed by atoms with E-state index in [9.17, 15) is 23.1 Å². The smallest absolute Gasteiger partial charge is 0.392 e. The zero-order valence-electron chi connectivity index (χ0n) is 14.7. The van der Waals surface area contributed by atoms with Crippen molar-refractivity contribution in [3.05, 3.63) is 65.6 Å². The fourth-order valence-corrected chi connectivity index (χ4v) is 3.09. The highest BCUT2D eigenvalue weighted by molar-refractivity contribution is 5.96. The molecule has 29 heavy (non-hydrogen) atoms. The number of aromatic nitrogens is 3. The highest BCUT2D eigenvalue weighted by atomic mass is 19.4. The van der Waals surface area contributed by atoms with Gasteiger partial charge in [0.05, 0.1) is 6.61 Å². The van der Waals surface area contributed by atoms with E-state index in [4.69, 9.17) is 5.84 Å². The first kappa shape index (κ1) is 18.8. The number of halogens is 3. The highest BCUT2D eigenvalue weighted by Gasteiger charge is 2.34. The molecule has 7 nitrogen and oxygen atoms in total. The molecule has 0 spiro atoms. The molecule has 0 radical (unpaired) electrons. The minimum atomic E-state index is -4.67. The predicted molar refractivity (Wildman–Crippen MR) is 98.5 cm³/mol. The van der Waals surface area contributed by atoms with Crippen LogP contribution in [0.15, 0.2) is 48.7 Å². The van der Waals surface area contributed by atoms with Gasteiger partial charge in [0.2, 0.25) is 0 Å². The molecule has 0 saturated carbocycles. The molecule has 0 aliphatic heterocycles. The standard InChI is InChI=1S/C19H14F3N5O2/c20-19(21,22)15-7-13(11-3-1-10(9-28)2-4-11)12-5-6-16-24-14(18(29)26-23)8-27(16)17(12)25-15/h1-8,28H,9,23H2,(H,26,29). The number of carbonyl (C=O) groups is 1. The summed E-state index contributed by atoms with van der Waals surface area (Å²) in [7, 11) is 0. The van der Waals surface area contributed by atoms with Gasteiger partial charge in [-0.25, -0.2) is 15.8 Å². The molecule has 0 saturated heterocycles. The number of fused-ring (bicyclic) bond motifs is 3. The third-order valence-corrected chi connectivity index (χ3v) is 4.50. The van der Waals surface area contributed by atoms with Crippen LogP contribution < -0.4 is 11.3 Å². The average molecular weight is 401 g/mol. The normalized spacial score (nSPS) is 11.9. The summed E-state index contributed by atoms with van der Waals surface area (Å²) in [6.07, 6.45) is -3.39. The number of benzene rings is 1. The molecule has 3 aromatic heterocycles. The number of nitrogens with one attached hydrogen (secondary N) is 1. The number of aliphatic hydroxyl groups is 1. The van der Waals surface area contributed by atoms with Gasteiger partial charge in [0, 0.05) is 11.6 Å². The van der Waals surface area contributed by atoms with E-state index >= 15 is 0 Å². The van der Waals surface area contributed by atoms with E-state index in [1.807, 2.05) is 5.43 Å². The van der Waals surface area contributed by atoms with Crippen molar-refractivity contribution in [2.45, 2.75) is 12.8 Å². The van der Waals surface area contributed by atoms with Gasteiger partial charge in [-0.05, 0) is 34.9 Å². The van der Waals surface area contributed by atoms with Crippen LogP contribution in [-0.4, -0.2) is 25.4 Å². The minimum Gasteiger partial charge on any atom is -0.392 e. The molecule has 1 aromatic carbocycles. The van der Waals surface area contributed by atoms with Crippen LogP contribution in [0.25, 0.3) is 27.8 Å². The quantitative estimate of drug-likeness (QED) is 0.278. The third kappa shape index (κ3) is 3.28. The topological polar surface area (TPSA) is 106 Å². The summed E-state index contributed by atoms with van der Waals surface area (Å²) in [5.41, 5.74) is 2.55. The van der Waals surface area contributed by atoms with Gasteiger partial charge < -0.3 is 5.11 Å². The molecule has 4 aromatic rings. The summed E-state index contributed by atoms with van der Waals surface area (Å²) < 4.78 is 41.9.